The smallest absolute Gasteiger partial charge is 0.377 e. The van der Waals surface area contributed by atoms with Crippen LogP contribution in [0, 0.1) is 0 Å². The Morgan fingerprint density at radius 1 is 1.00 bits per heavy atom. The van der Waals surface area contributed by atoms with Crippen LogP contribution in [0.15, 0.2) is 12.3 Å². The van der Waals surface area contributed by atoms with E-state index in [1.807, 2.05) is 0 Å². The molecule has 2 atom stereocenters. The molecule has 0 radical (unpaired) electrons. The summed E-state index contributed by atoms with van der Waals surface area (Å²) in [6.07, 6.45) is 5.48. The maximum atomic E-state index is 5.50. The zero-order chi connectivity index (χ0) is 18.8. The van der Waals surface area contributed by atoms with Gasteiger partial charge < -0.3 is 13.3 Å². The van der Waals surface area contributed by atoms with E-state index in [4.69, 9.17) is 13.3 Å². The average Bonchev–Trinajstić information content (AvgIpc) is 2.60. The summed E-state index contributed by atoms with van der Waals surface area (Å²) in [6, 6.07) is 5.41. The van der Waals surface area contributed by atoms with Crippen LogP contribution in [0.4, 0.5) is 0 Å². The molecule has 1 heterocycles. The summed E-state index contributed by atoms with van der Waals surface area (Å²) in [5.74, 6) is 2.51. The van der Waals surface area contributed by atoms with Gasteiger partial charge in [-0.2, -0.15) is 11.8 Å². The van der Waals surface area contributed by atoms with Crippen molar-refractivity contribution in [2.75, 3.05) is 32.8 Å². The molecule has 2 unspecified atom stereocenters. The fourth-order valence-electron chi connectivity index (χ4n) is 4.16. The third-order valence-corrected chi connectivity index (χ3v) is 22.3. The first-order valence-corrected chi connectivity index (χ1v) is 18.9. The molecule has 1 aliphatic rings. The van der Waals surface area contributed by atoms with E-state index in [0.29, 0.717) is 0 Å². The standard InChI is InChI=1S/C18H40O3SSi3/c1-7-23(5)14-9-8-10-15-24(6,18-23)17-13-22-12-11-16-25(19-2,20-3)21-4/h7H,1,8-18H2,2-6H3. The molecule has 25 heavy (non-hydrogen) atoms. The molecule has 148 valence electrons. The highest BCUT2D eigenvalue weighted by Gasteiger charge is 2.38. The molecule has 0 saturated carbocycles. The molecule has 1 saturated heterocycles. The Morgan fingerprint density at radius 3 is 2.24 bits per heavy atom. The van der Waals surface area contributed by atoms with Gasteiger partial charge in [0, 0.05) is 35.4 Å². The number of hydrogen-bond acceptors (Lipinski definition) is 4. The summed E-state index contributed by atoms with van der Waals surface area (Å²) >= 11 is 2.12. The molecule has 3 nitrogen and oxygen atoms in total. The van der Waals surface area contributed by atoms with Crippen molar-refractivity contribution in [2.45, 2.75) is 68.6 Å². The van der Waals surface area contributed by atoms with Crippen LogP contribution in [0.25, 0.3) is 0 Å². The number of thioether (sulfide) groups is 1. The SMILES string of the molecule is C=C[Si]1(C)CCCCC[Si](C)(CCSCCC[Si](OC)(OC)OC)C1. The van der Waals surface area contributed by atoms with Crippen LogP contribution in [0.2, 0.25) is 42.9 Å². The van der Waals surface area contributed by atoms with E-state index < -0.39 is 25.0 Å². The predicted molar refractivity (Wildman–Crippen MR) is 120 cm³/mol. The summed E-state index contributed by atoms with van der Waals surface area (Å²) in [5, 5.41) is 0. The molecule has 0 N–H and O–H groups in total. The van der Waals surface area contributed by atoms with E-state index in [9.17, 15) is 0 Å². The van der Waals surface area contributed by atoms with Crippen LogP contribution < -0.4 is 0 Å². The van der Waals surface area contributed by atoms with Crippen LogP contribution in [-0.4, -0.2) is 57.8 Å². The zero-order valence-corrected chi connectivity index (χ0v) is 21.0. The lowest BCUT2D eigenvalue weighted by atomic mass is 10.3. The molecular formula is C18H40O3SSi3. The van der Waals surface area contributed by atoms with E-state index in [2.05, 4.69) is 37.1 Å². The first-order valence-electron chi connectivity index (χ1n) is 9.73. The Labute approximate surface area is 163 Å². The molecule has 7 heteroatoms. The molecule has 0 aromatic heterocycles. The zero-order valence-electron chi connectivity index (χ0n) is 17.2. The van der Waals surface area contributed by atoms with E-state index in [-0.39, 0.29) is 0 Å². The van der Waals surface area contributed by atoms with Crippen LogP contribution >= 0.6 is 11.8 Å². The Balaban J connectivity index is 2.36. The van der Waals surface area contributed by atoms with Crippen molar-refractivity contribution in [3.05, 3.63) is 12.3 Å². The minimum absolute atomic E-state index is 0.916. The summed E-state index contributed by atoms with van der Waals surface area (Å²) in [4.78, 5) is 0. The van der Waals surface area contributed by atoms with Crippen molar-refractivity contribution in [2.24, 2.45) is 0 Å². The summed E-state index contributed by atoms with van der Waals surface area (Å²) in [7, 11) is 0.476. The molecule has 0 aromatic carbocycles. The monoisotopic (exact) mass is 420 g/mol. The highest BCUT2D eigenvalue weighted by molar-refractivity contribution is 7.99. The maximum absolute atomic E-state index is 5.50. The lowest BCUT2D eigenvalue weighted by Gasteiger charge is -2.38. The third-order valence-electron chi connectivity index (χ3n) is 5.91. The third kappa shape index (κ3) is 8.03. The van der Waals surface area contributed by atoms with Gasteiger partial charge in [0.2, 0.25) is 0 Å². The van der Waals surface area contributed by atoms with E-state index >= 15 is 0 Å². The second-order valence-electron chi connectivity index (χ2n) is 8.17. The van der Waals surface area contributed by atoms with Crippen molar-refractivity contribution in [3.63, 3.8) is 0 Å². The van der Waals surface area contributed by atoms with E-state index in [0.717, 1.165) is 12.5 Å². The van der Waals surface area contributed by atoms with Crippen LogP contribution in [0.1, 0.15) is 25.7 Å². The number of hydrogen-bond donors (Lipinski definition) is 0. The predicted octanol–water partition coefficient (Wildman–Crippen LogP) is 5.59. The van der Waals surface area contributed by atoms with Gasteiger partial charge in [-0.25, -0.2) is 0 Å². The Kier molecular flexibility index (Phi) is 10.8. The van der Waals surface area contributed by atoms with Gasteiger partial charge in [0.1, 0.15) is 0 Å². The highest BCUT2D eigenvalue weighted by Crippen LogP contribution is 2.36. The van der Waals surface area contributed by atoms with Gasteiger partial charge in [-0.15, -0.1) is 12.3 Å². The molecule has 1 rings (SSSR count). The first kappa shape index (κ1) is 23.7. The van der Waals surface area contributed by atoms with Crippen molar-refractivity contribution in [1.29, 1.82) is 0 Å². The normalized spacial score (nSPS) is 28.4. The van der Waals surface area contributed by atoms with Crippen molar-refractivity contribution in [1.82, 2.24) is 0 Å². The largest absolute Gasteiger partial charge is 0.500 e. The highest BCUT2D eigenvalue weighted by atomic mass is 32.2. The lowest BCUT2D eigenvalue weighted by Crippen LogP contribution is -2.44. The topological polar surface area (TPSA) is 27.7 Å². The van der Waals surface area contributed by atoms with Gasteiger partial charge in [0.15, 0.2) is 0 Å². The molecule has 0 aromatic rings. The Hall–Kier alpha value is 0.621. The van der Waals surface area contributed by atoms with E-state index in [1.54, 1.807) is 27.0 Å². The summed E-state index contributed by atoms with van der Waals surface area (Å²) < 4.78 is 16.5. The summed E-state index contributed by atoms with van der Waals surface area (Å²) in [6.45, 7) is 9.46. The quantitative estimate of drug-likeness (QED) is 0.321. The van der Waals surface area contributed by atoms with E-state index in [1.165, 1.54) is 48.9 Å². The average molecular weight is 421 g/mol. The van der Waals surface area contributed by atoms with Gasteiger partial charge in [-0.1, -0.05) is 50.1 Å². The molecule has 0 aliphatic carbocycles. The van der Waals surface area contributed by atoms with Gasteiger partial charge in [-0.3, -0.25) is 0 Å². The molecule has 0 spiro atoms. The molecule has 0 amide bonds. The fourth-order valence-corrected chi connectivity index (χ4v) is 22.4. The van der Waals surface area contributed by atoms with Crippen LogP contribution in [0.5, 0.6) is 0 Å². The second-order valence-corrected chi connectivity index (χ2v) is 22.7. The molecule has 1 fully saturated rings. The summed E-state index contributed by atoms with van der Waals surface area (Å²) in [5.41, 5.74) is 3.96. The van der Waals surface area contributed by atoms with Gasteiger partial charge >= 0.3 is 8.80 Å². The van der Waals surface area contributed by atoms with Gasteiger partial charge in [0.25, 0.3) is 0 Å². The van der Waals surface area contributed by atoms with Crippen molar-refractivity contribution >= 4 is 36.7 Å². The molecular weight excluding hydrogens is 381 g/mol. The number of rotatable bonds is 11. The minimum atomic E-state index is -2.37. The Morgan fingerprint density at radius 2 is 1.64 bits per heavy atom. The second kappa shape index (κ2) is 11.5. The molecule has 1 aliphatic heterocycles. The maximum Gasteiger partial charge on any atom is 0.500 e. The van der Waals surface area contributed by atoms with Crippen LogP contribution in [-0.2, 0) is 13.3 Å². The molecule has 0 bridgehead atoms. The minimum Gasteiger partial charge on any atom is -0.377 e. The fraction of sp³-hybridized carbons (Fsp3) is 0.889. The first-order chi connectivity index (χ1) is 11.9. The lowest BCUT2D eigenvalue weighted by molar-refractivity contribution is 0.123. The van der Waals surface area contributed by atoms with Crippen molar-refractivity contribution < 1.29 is 13.3 Å². The van der Waals surface area contributed by atoms with Crippen LogP contribution in [0.3, 0.4) is 0 Å². The van der Waals surface area contributed by atoms with Crippen molar-refractivity contribution in [3.8, 4) is 0 Å². The van der Waals surface area contributed by atoms with Gasteiger partial charge in [0.05, 0.1) is 8.07 Å². The Bertz CT molecular complexity index is 387. The van der Waals surface area contributed by atoms with Gasteiger partial charge in [-0.05, 0) is 24.0 Å².